The molecule has 6 saturated heterocycles. The molecule has 14 nitrogen and oxygen atoms in total. The summed E-state index contributed by atoms with van der Waals surface area (Å²) in [5.74, 6) is -11.7. The number of carboxylic acids is 4. The maximum absolute atomic E-state index is 17.6. The van der Waals surface area contributed by atoms with Crippen LogP contribution in [0.25, 0.3) is 0 Å². The van der Waals surface area contributed by atoms with Gasteiger partial charge in [0.05, 0.1) is 10.8 Å². The number of hydrogen-bond donors (Lipinski definition) is 8. The summed E-state index contributed by atoms with van der Waals surface area (Å²) < 4.78 is 0. The largest absolute Gasteiger partial charge is 0.481 e. The first-order chi connectivity index (χ1) is 34.5. The van der Waals surface area contributed by atoms with Gasteiger partial charge < -0.3 is 41.7 Å². The molecule has 6 aliphatic rings. The van der Waals surface area contributed by atoms with Crippen molar-refractivity contribution in [3.05, 3.63) is 0 Å². The van der Waals surface area contributed by atoms with Crippen LogP contribution in [-0.4, -0.2) is 135 Å². The molecule has 0 aromatic rings. The van der Waals surface area contributed by atoms with Gasteiger partial charge in [-0.25, -0.2) is 0 Å². The summed E-state index contributed by atoms with van der Waals surface area (Å²) in [6.45, 7) is 49.8. The zero-order valence-corrected chi connectivity index (χ0v) is 54.3. The van der Waals surface area contributed by atoms with Crippen molar-refractivity contribution < 1.29 is 39.6 Å². The van der Waals surface area contributed by atoms with Gasteiger partial charge in [0, 0.05) is 66.5 Å². The van der Waals surface area contributed by atoms with E-state index in [1.165, 1.54) is 0 Å². The molecule has 6 heterocycles. The highest BCUT2D eigenvalue weighted by Gasteiger charge is 2.90. The summed E-state index contributed by atoms with van der Waals surface area (Å²) in [7, 11) is 4.09. The molecule has 0 radical (unpaired) electrons. The maximum Gasteiger partial charge on any atom is 0.312 e. The third-order valence-corrected chi connectivity index (χ3v) is 22.5. The molecule has 0 saturated carbocycles. The molecule has 0 bridgehead atoms. The standard InChI is InChI=1S/C64H116N6O8/c1-49(2)27-39(28-50(3,4)65-49)61(45(71)72,40-29-51(5,6)66-52(7,8)30-40)63(47(75)76,43-35-57(17,18)69(25)58(19,20)36-43)64(48(77)78,44-37-59(21,22)70(26)60(23,24)38-44)62(46(73)74,41-31-53(9,10)67-54(11,12)32-41)42-33-55(13,14)68-56(15,16)34-42/h39-44,65-68H,27-38H2,1-26H3,(H,71,72)(H,73,74)(H,75,76)(H,77,78). The predicted molar refractivity (Wildman–Crippen MR) is 314 cm³/mol. The van der Waals surface area contributed by atoms with Crippen molar-refractivity contribution in [2.45, 2.75) is 310 Å². The molecule has 0 amide bonds. The molecule has 0 aliphatic carbocycles. The van der Waals surface area contributed by atoms with Crippen LogP contribution in [0, 0.1) is 57.2 Å². The Bertz CT molecular complexity index is 2010. The van der Waals surface area contributed by atoms with Crippen molar-refractivity contribution in [3.8, 4) is 0 Å². The van der Waals surface area contributed by atoms with Crippen LogP contribution in [0.4, 0.5) is 0 Å². The number of nitrogens with zero attached hydrogens (tertiary/aromatic N) is 2. The zero-order valence-electron chi connectivity index (χ0n) is 54.3. The third-order valence-electron chi connectivity index (χ3n) is 22.5. The van der Waals surface area contributed by atoms with Gasteiger partial charge in [-0.15, -0.1) is 0 Å². The highest BCUT2D eigenvalue weighted by atomic mass is 16.4. The fourth-order valence-corrected chi connectivity index (χ4v) is 21.9. The lowest BCUT2D eigenvalue weighted by atomic mass is 9.26. The van der Waals surface area contributed by atoms with Gasteiger partial charge in [-0.05, 0) is 293 Å². The molecule has 2 unspecified atom stereocenters. The molecular weight excluding hydrogens is 981 g/mol. The summed E-state index contributed by atoms with van der Waals surface area (Å²) in [5, 5.41) is 71.9. The molecule has 2 atom stereocenters. The quantitative estimate of drug-likeness (QED) is 0.0865. The van der Waals surface area contributed by atoms with Crippen molar-refractivity contribution in [2.75, 3.05) is 14.1 Å². The van der Waals surface area contributed by atoms with Crippen LogP contribution in [0.15, 0.2) is 0 Å². The van der Waals surface area contributed by atoms with E-state index in [4.69, 9.17) is 0 Å². The van der Waals surface area contributed by atoms with Gasteiger partial charge in [-0.1, -0.05) is 0 Å². The normalized spacial score (nSPS) is 31.1. The van der Waals surface area contributed by atoms with Crippen LogP contribution in [-0.2, 0) is 19.2 Å². The second-order valence-corrected chi connectivity index (χ2v) is 35.1. The average Bonchev–Trinajstić information content (AvgIpc) is 3.14. The Hall–Kier alpha value is -2.36. The van der Waals surface area contributed by atoms with Crippen molar-refractivity contribution in [1.82, 2.24) is 31.1 Å². The number of likely N-dealkylation sites (tertiary alicyclic amines) is 2. The third kappa shape index (κ3) is 10.5. The minimum absolute atomic E-state index is 0.125. The van der Waals surface area contributed by atoms with E-state index in [1.807, 2.05) is 14.1 Å². The number of rotatable bonds is 13. The molecule has 8 N–H and O–H groups in total. The smallest absolute Gasteiger partial charge is 0.312 e. The lowest BCUT2D eigenvalue weighted by Gasteiger charge is -2.75. The first-order valence-corrected chi connectivity index (χ1v) is 30.1. The van der Waals surface area contributed by atoms with Crippen LogP contribution in [0.5, 0.6) is 0 Å². The minimum atomic E-state index is -2.82. The van der Waals surface area contributed by atoms with Crippen LogP contribution < -0.4 is 21.3 Å². The van der Waals surface area contributed by atoms with Gasteiger partial charge in [0.2, 0.25) is 0 Å². The zero-order chi connectivity index (χ0) is 60.2. The van der Waals surface area contributed by atoms with Gasteiger partial charge >= 0.3 is 23.9 Å². The lowest BCUT2D eigenvalue weighted by molar-refractivity contribution is -0.300. The van der Waals surface area contributed by atoms with Crippen molar-refractivity contribution in [3.63, 3.8) is 0 Å². The molecule has 450 valence electrons. The van der Waals surface area contributed by atoms with E-state index in [-0.39, 0.29) is 77.0 Å². The summed E-state index contributed by atoms with van der Waals surface area (Å²) in [5.41, 5.74) is -19.7. The van der Waals surface area contributed by atoms with E-state index in [1.54, 1.807) is 0 Å². The molecule has 0 aromatic carbocycles. The van der Waals surface area contributed by atoms with Crippen LogP contribution >= 0.6 is 0 Å². The summed E-state index contributed by atoms with van der Waals surface area (Å²) in [4.78, 5) is 74.0. The second-order valence-electron chi connectivity index (χ2n) is 35.1. The first-order valence-electron chi connectivity index (χ1n) is 30.1. The number of nitrogens with one attached hydrogen (secondary N) is 4. The number of aliphatic carboxylic acids is 4. The predicted octanol–water partition coefficient (Wildman–Crippen LogP) is 11.3. The topological polar surface area (TPSA) is 204 Å². The van der Waals surface area contributed by atoms with E-state index in [2.05, 4.69) is 197 Å². The summed E-state index contributed by atoms with van der Waals surface area (Å²) in [6.07, 6.45) is 2.30. The van der Waals surface area contributed by atoms with Crippen molar-refractivity contribution in [1.29, 1.82) is 0 Å². The molecule has 6 rings (SSSR count). The van der Waals surface area contributed by atoms with Crippen molar-refractivity contribution in [2.24, 2.45) is 57.2 Å². The number of carbonyl (C=O) groups is 4. The lowest BCUT2D eigenvalue weighted by Crippen LogP contribution is -2.84. The van der Waals surface area contributed by atoms with Crippen LogP contribution in [0.1, 0.15) is 243 Å². The van der Waals surface area contributed by atoms with Gasteiger partial charge in [0.15, 0.2) is 0 Å². The van der Waals surface area contributed by atoms with E-state index in [0.29, 0.717) is 0 Å². The molecule has 78 heavy (non-hydrogen) atoms. The Kier molecular flexibility index (Phi) is 15.9. The molecule has 6 aliphatic heterocycles. The van der Waals surface area contributed by atoms with E-state index in [9.17, 15) is 20.4 Å². The molecule has 14 heteroatoms. The first kappa shape index (κ1) is 64.8. The second kappa shape index (κ2) is 19.1. The Morgan fingerprint density at radius 1 is 0.295 bits per heavy atom. The molecule has 0 aromatic heterocycles. The monoisotopic (exact) mass is 1100 g/mol. The summed E-state index contributed by atoms with van der Waals surface area (Å²) >= 11 is 0. The molecule has 6 fully saturated rings. The fourth-order valence-electron chi connectivity index (χ4n) is 21.9. The van der Waals surface area contributed by atoms with Gasteiger partial charge in [0.1, 0.15) is 10.8 Å². The van der Waals surface area contributed by atoms with Crippen molar-refractivity contribution >= 4 is 23.9 Å². The van der Waals surface area contributed by atoms with Gasteiger partial charge in [-0.2, -0.15) is 0 Å². The Balaban J connectivity index is 2.15. The average molecular weight is 1100 g/mol. The Labute approximate surface area is 473 Å². The van der Waals surface area contributed by atoms with Crippen LogP contribution in [0.3, 0.4) is 0 Å². The van der Waals surface area contributed by atoms with E-state index >= 15 is 19.2 Å². The van der Waals surface area contributed by atoms with E-state index < -0.39 is 148 Å². The minimum Gasteiger partial charge on any atom is -0.481 e. The maximum atomic E-state index is 17.6. The highest BCUT2D eigenvalue weighted by molar-refractivity contribution is 5.99. The SMILES string of the molecule is CN1C(C)(C)CC(C(C(=O)O)(C(C(=O)O)(C2CC(C)(C)NC(C)(C)C2)C2CC(C)(C)NC(C)(C)C2)C(C(=O)O)(C2CC(C)(C)N(C)C(C)(C)C2)C(C(=O)O)(C2CC(C)(C)NC(C)(C)C2)C2CC(C)(C)NC(C)(C)C2)CC1(C)C. The molecular formula is C64H116N6O8. The fraction of sp³-hybridized carbons (Fsp3) is 0.938. The summed E-state index contributed by atoms with van der Waals surface area (Å²) in [6, 6.07) is 0. The number of carboxylic acid groups (broad SMARTS) is 4. The van der Waals surface area contributed by atoms with Gasteiger partial charge in [-0.3, -0.25) is 29.0 Å². The van der Waals surface area contributed by atoms with Crippen LogP contribution in [0.2, 0.25) is 0 Å². The van der Waals surface area contributed by atoms with E-state index in [0.717, 1.165) is 0 Å². The van der Waals surface area contributed by atoms with Gasteiger partial charge in [0.25, 0.3) is 0 Å². The Morgan fingerprint density at radius 3 is 0.577 bits per heavy atom. The number of piperidine rings is 6. The molecule has 0 spiro atoms. The highest BCUT2D eigenvalue weighted by Crippen LogP contribution is 2.80. The Morgan fingerprint density at radius 2 is 0.449 bits per heavy atom. The number of hydrogen-bond acceptors (Lipinski definition) is 10.